The summed E-state index contributed by atoms with van der Waals surface area (Å²) in [7, 11) is 4.28. The first-order chi connectivity index (χ1) is 14.0. The summed E-state index contributed by atoms with van der Waals surface area (Å²) < 4.78 is 2.23. The molecule has 2 unspecified atom stereocenters. The van der Waals surface area contributed by atoms with E-state index in [0.717, 1.165) is 23.6 Å². The predicted molar refractivity (Wildman–Crippen MR) is 128 cm³/mol. The van der Waals surface area contributed by atoms with E-state index in [0.29, 0.717) is 11.3 Å². The normalized spacial score (nSPS) is 22.8. The van der Waals surface area contributed by atoms with Gasteiger partial charge in [-0.05, 0) is 45.5 Å². The third-order valence-corrected chi connectivity index (χ3v) is 7.93. The topological polar surface area (TPSA) is 47.2 Å². The zero-order chi connectivity index (χ0) is 20.4. The summed E-state index contributed by atoms with van der Waals surface area (Å²) in [6, 6.07) is 2.61. The second-order valence-electron chi connectivity index (χ2n) is 8.03. The third kappa shape index (κ3) is 4.62. The summed E-state index contributed by atoms with van der Waals surface area (Å²) in [5.41, 5.74) is 4.47. The number of aryl methyl sites for hydroxylation is 1. The molecule has 2 N–H and O–H groups in total. The molecule has 1 saturated carbocycles. The minimum Gasteiger partial charge on any atom is -0.381 e. The molecule has 2 aromatic heterocycles. The molecule has 1 fully saturated rings. The first-order valence-electron chi connectivity index (χ1n) is 10.4. The van der Waals surface area contributed by atoms with Crippen LogP contribution in [0.4, 0.5) is 5.69 Å². The average Bonchev–Trinajstić information content (AvgIpc) is 3.10. The minimum absolute atomic E-state index is 0.486. The molecule has 5 nitrogen and oxygen atoms in total. The molecule has 0 spiro atoms. The smallest absolute Gasteiger partial charge is 0.139 e. The molecule has 1 aliphatic carbocycles. The molecule has 2 aromatic rings. The number of aromatic nitrogens is 2. The number of fused-ring (bicyclic) bond motifs is 1. The SMILES string of the molecule is C=C(NC1CCCCC1SN(C)C)C1=CN(c2ccnc3[nH]cc(C)c23)CCS1. The Morgan fingerprint density at radius 2 is 2.21 bits per heavy atom. The van der Waals surface area contributed by atoms with E-state index in [9.17, 15) is 0 Å². The quantitative estimate of drug-likeness (QED) is 0.638. The highest BCUT2D eigenvalue weighted by atomic mass is 32.2. The number of hydrogen-bond acceptors (Lipinski definition) is 6. The molecule has 7 heteroatoms. The first-order valence-corrected chi connectivity index (χ1v) is 12.2. The molecule has 0 amide bonds. The fraction of sp³-hybridized carbons (Fsp3) is 0.500. The van der Waals surface area contributed by atoms with Crippen molar-refractivity contribution in [2.24, 2.45) is 0 Å². The summed E-state index contributed by atoms with van der Waals surface area (Å²) in [4.78, 5) is 11.4. The number of thioether (sulfide) groups is 1. The van der Waals surface area contributed by atoms with Crippen molar-refractivity contribution < 1.29 is 0 Å². The second kappa shape index (κ2) is 9.06. The molecule has 0 radical (unpaired) electrons. The van der Waals surface area contributed by atoms with Crippen LogP contribution in [0.25, 0.3) is 11.0 Å². The fourth-order valence-corrected chi connectivity index (χ4v) is 6.35. The van der Waals surface area contributed by atoms with Crippen LogP contribution in [0, 0.1) is 6.92 Å². The van der Waals surface area contributed by atoms with Crippen molar-refractivity contribution in [3.05, 3.63) is 47.4 Å². The van der Waals surface area contributed by atoms with Crippen molar-refractivity contribution in [3.8, 4) is 0 Å². The van der Waals surface area contributed by atoms with Crippen LogP contribution in [0.3, 0.4) is 0 Å². The van der Waals surface area contributed by atoms with E-state index in [2.05, 4.69) is 64.4 Å². The molecule has 3 heterocycles. The third-order valence-electron chi connectivity index (χ3n) is 5.63. The predicted octanol–water partition coefficient (Wildman–Crippen LogP) is 4.89. The van der Waals surface area contributed by atoms with E-state index < -0.39 is 0 Å². The van der Waals surface area contributed by atoms with Gasteiger partial charge in [0.1, 0.15) is 5.65 Å². The Bertz CT molecular complexity index is 904. The molecule has 156 valence electrons. The van der Waals surface area contributed by atoms with E-state index in [1.165, 1.54) is 47.2 Å². The van der Waals surface area contributed by atoms with E-state index in [-0.39, 0.29) is 0 Å². The van der Waals surface area contributed by atoms with Crippen molar-refractivity contribution in [2.45, 2.75) is 43.9 Å². The Morgan fingerprint density at radius 3 is 3.03 bits per heavy atom. The zero-order valence-electron chi connectivity index (χ0n) is 17.6. The average molecular weight is 430 g/mol. The van der Waals surface area contributed by atoms with Crippen LogP contribution < -0.4 is 10.2 Å². The Hall–Kier alpha value is -1.57. The Labute approximate surface area is 182 Å². The van der Waals surface area contributed by atoms with E-state index in [4.69, 9.17) is 0 Å². The lowest BCUT2D eigenvalue weighted by Gasteiger charge is -2.35. The van der Waals surface area contributed by atoms with Gasteiger partial charge in [-0.25, -0.2) is 4.98 Å². The summed E-state index contributed by atoms with van der Waals surface area (Å²) >= 11 is 3.86. The van der Waals surface area contributed by atoms with Gasteiger partial charge in [0.25, 0.3) is 0 Å². The lowest BCUT2D eigenvalue weighted by Crippen LogP contribution is -2.41. The van der Waals surface area contributed by atoms with Crippen molar-refractivity contribution in [1.29, 1.82) is 0 Å². The molecule has 4 rings (SSSR count). The van der Waals surface area contributed by atoms with Gasteiger partial charge in [-0.15, -0.1) is 11.8 Å². The summed E-state index contributed by atoms with van der Waals surface area (Å²) in [6.45, 7) is 7.55. The summed E-state index contributed by atoms with van der Waals surface area (Å²) in [5.74, 6) is 1.06. The number of anilines is 1. The maximum absolute atomic E-state index is 4.48. The molecule has 0 aromatic carbocycles. The number of hydrogen-bond donors (Lipinski definition) is 2. The number of rotatable bonds is 6. The van der Waals surface area contributed by atoms with Gasteiger partial charge >= 0.3 is 0 Å². The van der Waals surface area contributed by atoms with Crippen molar-refractivity contribution in [2.75, 3.05) is 31.3 Å². The van der Waals surface area contributed by atoms with Gasteiger partial charge in [-0.2, -0.15) is 0 Å². The van der Waals surface area contributed by atoms with Gasteiger partial charge in [0, 0.05) is 58.2 Å². The maximum atomic E-state index is 4.48. The number of aromatic amines is 1. The lowest BCUT2D eigenvalue weighted by molar-refractivity contribution is 0.406. The van der Waals surface area contributed by atoms with Crippen molar-refractivity contribution in [1.82, 2.24) is 19.6 Å². The highest BCUT2D eigenvalue weighted by Gasteiger charge is 2.28. The van der Waals surface area contributed by atoms with Crippen LogP contribution in [-0.2, 0) is 0 Å². The van der Waals surface area contributed by atoms with Gasteiger partial charge in [0.15, 0.2) is 0 Å². The molecular formula is C22H31N5S2. The number of nitrogens with one attached hydrogen (secondary N) is 2. The van der Waals surface area contributed by atoms with Gasteiger partial charge in [0.05, 0.1) is 5.69 Å². The summed E-state index contributed by atoms with van der Waals surface area (Å²) in [5, 5.41) is 5.61. The van der Waals surface area contributed by atoms with Crippen LogP contribution in [0.15, 0.2) is 41.8 Å². The van der Waals surface area contributed by atoms with Gasteiger partial charge in [0.2, 0.25) is 0 Å². The standard InChI is InChI=1S/C22H31N5S2/c1-15-13-24-22-21(15)18(9-10-23-22)27-11-12-28-20(14-27)16(2)25-17-7-5-6-8-19(17)29-26(3)4/h9-10,13-14,17,19,25H,2,5-8,11-12H2,1,3-4H3,(H,23,24). The monoisotopic (exact) mass is 429 g/mol. The van der Waals surface area contributed by atoms with Crippen LogP contribution >= 0.6 is 23.7 Å². The number of H-pyrrole nitrogens is 1. The highest BCUT2D eigenvalue weighted by molar-refractivity contribution is 8.03. The van der Waals surface area contributed by atoms with Crippen LogP contribution in [0.1, 0.15) is 31.2 Å². The Balaban J connectivity index is 1.52. The maximum Gasteiger partial charge on any atom is 0.139 e. The lowest BCUT2D eigenvalue weighted by atomic mass is 9.94. The molecule has 2 aliphatic rings. The van der Waals surface area contributed by atoms with Crippen LogP contribution in [-0.4, -0.2) is 52.0 Å². The Morgan fingerprint density at radius 1 is 1.38 bits per heavy atom. The molecule has 2 atom stereocenters. The highest BCUT2D eigenvalue weighted by Crippen LogP contribution is 2.35. The number of nitrogens with zero attached hydrogens (tertiary/aromatic N) is 3. The molecule has 0 bridgehead atoms. The Kier molecular flexibility index (Phi) is 6.47. The number of pyridine rings is 1. The molecule has 29 heavy (non-hydrogen) atoms. The molecular weight excluding hydrogens is 398 g/mol. The van der Waals surface area contributed by atoms with Gasteiger partial charge < -0.3 is 15.2 Å². The largest absolute Gasteiger partial charge is 0.381 e. The molecule has 1 aliphatic heterocycles. The molecule has 0 saturated heterocycles. The van der Waals surface area contributed by atoms with E-state index >= 15 is 0 Å². The fourth-order valence-electron chi connectivity index (χ4n) is 4.24. The van der Waals surface area contributed by atoms with Crippen molar-refractivity contribution >= 4 is 40.4 Å². The zero-order valence-corrected chi connectivity index (χ0v) is 19.2. The first kappa shape index (κ1) is 20.7. The summed E-state index contributed by atoms with van der Waals surface area (Å²) in [6.07, 6.45) is 11.3. The van der Waals surface area contributed by atoms with Crippen molar-refractivity contribution in [3.63, 3.8) is 0 Å². The van der Waals surface area contributed by atoms with Gasteiger partial charge in [-0.1, -0.05) is 31.4 Å². The van der Waals surface area contributed by atoms with E-state index in [1.807, 2.05) is 36.1 Å². The van der Waals surface area contributed by atoms with E-state index in [1.54, 1.807) is 0 Å². The van der Waals surface area contributed by atoms with Crippen LogP contribution in [0.2, 0.25) is 0 Å². The van der Waals surface area contributed by atoms with Crippen LogP contribution in [0.5, 0.6) is 0 Å². The minimum atomic E-state index is 0.486. The van der Waals surface area contributed by atoms with Gasteiger partial charge in [-0.3, -0.25) is 4.31 Å². The second-order valence-corrected chi connectivity index (χ2v) is 10.7.